The van der Waals surface area contributed by atoms with E-state index in [1.54, 1.807) is 11.9 Å². The van der Waals surface area contributed by atoms with E-state index in [4.69, 9.17) is 0 Å². The minimum atomic E-state index is -2.94. The molecule has 6 heteroatoms. The molecule has 20 heavy (non-hydrogen) atoms. The van der Waals surface area contributed by atoms with Crippen LogP contribution in [0.5, 0.6) is 0 Å². The molecule has 1 fully saturated rings. The van der Waals surface area contributed by atoms with Crippen molar-refractivity contribution in [3.8, 4) is 0 Å². The average molecular weight is 298 g/mol. The molecule has 0 N–H and O–H groups in total. The highest BCUT2D eigenvalue weighted by atomic mass is 32.2. The van der Waals surface area contributed by atoms with Crippen molar-refractivity contribution in [3.63, 3.8) is 0 Å². The quantitative estimate of drug-likeness (QED) is 0.837. The summed E-state index contributed by atoms with van der Waals surface area (Å²) in [5.41, 5.74) is 2.28. The molecule has 1 aromatic heterocycles. The molecule has 1 aliphatic heterocycles. The molecule has 1 unspecified atom stereocenters. The van der Waals surface area contributed by atoms with Crippen LogP contribution in [0.25, 0.3) is 0 Å². The fourth-order valence-corrected chi connectivity index (χ4v) is 4.49. The monoisotopic (exact) mass is 298 g/mol. The predicted molar refractivity (Wildman–Crippen MR) is 78.4 cm³/mol. The zero-order chi connectivity index (χ0) is 14.9. The molecule has 0 spiro atoms. The highest BCUT2D eigenvalue weighted by Gasteiger charge is 2.32. The van der Waals surface area contributed by atoms with Crippen molar-refractivity contribution in [2.45, 2.75) is 39.3 Å². The van der Waals surface area contributed by atoms with Gasteiger partial charge in [0.1, 0.15) is 0 Å². The van der Waals surface area contributed by atoms with E-state index in [0.717, 1.165) is 11.4 Å². The first-order valence-electron chi connectivity index (χ1n) is 6.89. The van der Waals surface area contributed by atoms with Gasteiger partial charge in [0, 0.05) is 37.4 Å². The van der Waals surface area contributed by atoms with Crippen LogP contribution in [0.2, 0.25) is 0 Å². The summed E-state index contributed by atoms with van der Waals surface area (Å²) in [6.07, 6.45) is 0.968. The Bertz CT molecular complexity index is 584. The van der Waals surface area contributed by atoms with Gasteiger partial charge in [0.25, 0.3) is 0 Å². The summed E-state index contributed by atoms with van der Waals surface area (Å²) in [6.45, 7) is 4.68. The summed E-state index contributed by atoms with van der Waals surface area (Å²) in [5.74, 6) is 0.321. The third-order valence-electron chi connectivity index (χ3n) is 4.12. The molecule has 0 aromatic carbocycles. The second-order valence-corrected chi connectivity index (χ2v) is 7.81. The molecule has 1 saturated heterocycles. The molecule has 1 aromatic rings. The summed E-state index contributed by atoms with van der Waals surface area (Å²) >= 11 is 0. The third kappa shape index (κ3) is 3.23. The standard InChI is InChI=1S/C14H22N2O3S/c1-11-4-5-12(2)16(11)8-6-14(17)15(3)13-7-9-20(18,19)10-13/h4-5,13H,6-10H2,1-3H3. The first-order chi connectivity index (χ1) is 9.30. The van der Waals surface area contributed by atoms with Crippen LogP contribution >= 0.6 is 0 Å². The maximum absolute atomic E-state index is 12.2. The number of rotatable bonds is 4. The van der Waals surface area contributed by atoms with Crippen LogP contribution in [0.3, 0.4) is 0 Å². The SMILES string of the molecule is Cc1ccc(C)n1CCC(=O)N(C)C1CCS(=O)(=O)C1. The lowest BCUT2D eigenvalue weighted by Gasteiger charge is -2.23. The number of nitrogens with zero attached hydrogens (tertiary/aromatic N) is 2. The van der Waals surface area contributed by atoms with E-state index in [9.17, 15) is 13.2 Å². The van der Waals surface area contributed by atoms with Crippen LogP contribution in [0.1, 0.15) is 24.2 Å². The van der Waals surface area contributed by atoms with E-state index < -0.39 is 9.84 Å². The fraction of sp³-hybridized carbons (Fsp3) is 0.643. The van der Waals surface area contributed by atoms with Crippen LogP contribution < -0.4 is 0 Å². The van der Waals surface area contributed by atoms with Gasteiger partial charge in [0.15, 0.2) is 9.84 Å². The van der Waals surface area contributed by atoms with E-state index >= 15 is 0 Å². The zero-order valence-corrected chi connectivity index (χ0v) is 13.1. The lowest BCUT2D eigenvalue weighted by Crippen LogP contribution is -2.38. The van der Waals surface area contributed by atoms with Crippen LogP contribution in [0, 0.1) is 13.8 Å². The van der Waals surface area contributed by atoms with Crippen LogP contribution in [-0.4, -0.2) is 48.4 Å². The molecule has 1 aliphatic rings. The summed E-state index contributed by atoms with van der Waals surface area (Å²) in [4.78, 5) is 13.8. The lowest BCUT2D eigenvalue weighted by atomic mass is 10.2. The Morgan fingerprint density at radius 2 is 1.95 bits per heavy atom. The molecule has 0 aliphatic carbocycles. The lowest BCUT2D eigenvalue weighted by molar-refractivity contribution is -0.131. The van der Waals surface area contributed by atoms with Gasteiger partial charge in [0.05, 0.1) is 11.5 Å². The van der Waals surface area contributed by atoms with E-state index in [1.807, 2.05) is 26.0 Å². The summed E-state index contributed by atoms with van der Waals surface area (Å²) in [5, 5.41) is 0. The molecule has 0 saturated carbocycles. The summed E-state index contributed by atoms with van der Waals surface area (Å²) in [7, 11) is -1.23. The topological polar surface area (TPSA) is 59.4 Å². The minimum absolute atomic E-state index is 0.0135. The van der Waals surface area contributed by atoms with Crippen molar-refractivity contribution in [1.29, 1.82) is 0 Å². The fourth-order valence-electron chi connectivity index (χ4n) is 2.72. The number of hydrogen-bond donors (Lipinski definition) is 0. The van der Waals surface area contributed by atoms with Gasteiger partial charge < -0.3 is 9.47 Å². The molecule has 0 radical (unpaired) electrons. The molecule has 1 amide bonds. The van der Waals surface area contributed by atoms with Gasteiger partial charge in [-0.1, -0.05) is 0 Å². The molecule has 0 bridgehead atoms. The van der Waals surface area contributed by atoms with Gasteiger partial charge >= 0.3 is 0 Å². The van der Waals surface area contributed by atoms with Crippen molar-refractivity contribution in [2.24, 2.45) is 0 Å². The number of aryl methyl sites for hydroxylation is 2. The van der Waals surface area contributed by atoms with Crippen molar-refractivity contribution in [2.75, 3.05) is 18.6 Å². The number of aromatic nitrogens is 1. The molecule has 5 nitrogen and oxygen atoms in total. The summed E-state index contributed by atoms with van der Waals surface area (Å²) < 4.78 is 25.0. The Morgan fingerprint density at radius 3 is 2.45 bits per heavy atom. The second kappa shape index (κ2) is 5.60. The average Bonchev–Trinajstić information content (AvgIpc) is 2.89. The van der Waals surface area contributed by atoms with Crippen LogP contribution in [-0.2, 0) is 21.2 Å². The molecule has 1 atom stereocenters. The smallest absolute Gasteiger partial charge is 0.224 e. The Balaban J connectivity index is 1.92. The number of carbonyl (C=O) groups excluding carboxylic acids is 1. The van der Waals surface area contributed by atoms with Gasteiger partial charge in [-0.3, -0.25) is 4.79 Å². The van der Waals surface area contributed by atoms with E-state index in [0.29, 0.717) is 19.4 Å². The van der Waals surface area contributed by atoms with Gasteiger partial charge in [0.2, 0.25) is 5.91 Å². The Morgan fingerprint density at radius 1 is 1.35 bits per heavy atom. The largest absolute Gasteiger partial charge is 0.349 e. The van der Waals surface area contributed by atoms with Crippen LogP contribution in [0.15, 0.2) is 12.1 Å². The van der Waals surface area contributed by atoms with Crippen molar-refractivity contribution in [3.05, 3.63) is 23.5 Å². The maximum atomic E-state index is 12.2. The van der Waals surface area contributed by atoms with Gasteiger partial charge in [-0.05, 0) is 32.4 Å². The third-order valence-corrected chi connectivity index (χ3v) is 5.87. The highest BCUT2D eigenvalue weighted by Crippen LogP contribution is 2.17. The Labute approximate surface area is 120 Å². The number of sulfone groups is 1. The number of amides is 1. The van der Waals surface area contributed by atoms with Gasteiger partial charge in [-0.15, -0.1) is 0 Å². The van der Waals surface area contributed by atoms with Crippen LogP contribution in [0.4, 0.5) is 0 Å². The summed E-state index contributed by atoms with van der Waals surface area (Å²) in [6, 6.07) is 3.92. The highest BCUT2D eigenvalue weighted by molar-refractivity contribution is 7.91. The number of carbonyl (C=O) groups is 1. The molecular formula is C14H22N2O3S. The van der Waals surface area contributed by atoms with E-state index in [-0.39, 0.29) is 23.5 Å². The molecule has 112 valence electrons. The zero-order valence-electron chi connectivity index (χ0n) is 12.3. The normalized spacial score (nSPS) is 21.1. The van der Waals surface area contributed by atoms with Gasteiger partial charge in [-0.2, -0.15) is 0 Å². The minimum Gasteiger partial charge on any atom is -0.349 e. The molecule has 2 heterocycles. The van der Waals surface area contributed by atoms with Crippen molar-refractivity contribution < 1.29 is 13.2 Å². The second-order valence-electron chi connectivity index (χ2n) is 5.58. The maximum Gasteiger partial charge on any atom is 0.224 e. The van der Waals surface area contributed by atoms with Crippen molar-refractivity contribution >= 4 is 15.7 Å². The Hall–Kier alpha value is -1.30. The first-order valence-corrected chi connectivity index (χ1v) is 8.71. The molecule has 2 rings (SSSR count). The van der Waals surface area contributed by atoms with Gasteiger partial charge in [-0.25, -0.2) is 8.42 Å². The van der Waals surface area contributed by atoms with E-state index in [2.05, 4.69) is 4.57 Å². The molecular weight excluding hydrogens is 276 g/mol. The van der Waals surface area contributed by atoms with E-state index in [1.165, 1.54) is 0 Å². The Kier molecular flexibility index (Phi) is 4.22. The number of hydrogen-bond acceptors (Lipinski definition) is 3. The predicted octanol–water partition coefficient (Wildman–Crippen LogP) is 1.14. The van der Waals surface area contributed by atoms with Crippen molar-refractivity contribution in [1.82, 2.24) is 9.47 Å². The first kappa shape index (κ1) is 15.1.